The van der Waals surface area contributed by atoms with Gasteiger partial charge in [-0.1, -0.05) is 25.1 Å². The molecule has 0 saturated heterocycles. The first kappa shape index (κ1) is 22.2. The second-order valence-electron chi connectivity index (χ2n) is 6.32. The van der Waals surface area contributed by atoms with E-state index in [-0.39, 0.29) is 30.1 Å². The maximum absolute atomic E-state index is 5.54. The molecule has 2 rings (SSSR count). The molecule has 0 saturated carbocycles. The average molecular weight is 473 g/mol. The van der Waals surface area contributed by atoms with Crippen LogP contribution in [0.15, 0.2) is 33.9 Å². The summed E-state index contributed by atoms with van der Waals surface area (Å²) in [4.78, 5) is 8.49. The van der Waals surface area contributed by atoms with Gasteiger partial charge in [-0.05, 0) is 25.3 Å². The van der Waals surface area contributed by atoms with E-state index in [1.165, 1.54) is 0 Å². The van der Waals surface area contributed by atoms with Crippen LogP contribution < -0.4 is 15.4 Å². The summed E-state index contributed by atoms with van der Waals surface area (Å²) < 4.78 is 10.8. The Bertz CT molecular complexity index is 683. The third-order valence-electron chi connectivity index (χ3n) is 3.44. The first-order chi connectivity index (χ1) is 12.0. The molecule has 2 heterocycles. The molecule has 144 valence electrons. The summed E-state index contributed by atoms with van der Waals surface area (Å²) in [5, 5.41) is 10.5. The van der Waals surface area contributed by atoms with E-state index in [1.54, 1.807) is 13.2 Å². The summed E-state index contributed by atoms with van der Waals surface area (Å²) in [6.45, 7) is 9.26. The molecule has 26 heavy (non-hydrogen) atoms. The van der Waals surface area contributed by atoms with Gasteiger partial charge >= 0.3 is 0 Å². The topological polar surface area (TPSA) is 84.6 Å². The lowest BCUT2D eigenvalue weighted by molar-refractivity contribution is 0.232. The fourth-order valence-corrected chi connectivity index (χ4v) is 2.09. The fraction of sp³-hybridized carbons (Fsp3) is 0.500. The van der Waals surface area contributed by atoms with E-state index >= 15 is 0 Å². The van der Waals surface area contributed by atoms with Crippen LogP contribution in [0.4, 0.5) is 0 Å². The van der Waals surface area contributed by atoms with E-state index in [0.29, 0.717) is 30.8 Å². The molecule has 2 N–H and O–H groups in total. The van der Waals surface area contributed by atoms with Gasteiger partial charge in [0.1, 0.15) is 0 Å². The summed E-state index contributed by atoms with van der Waals surface area (Å²) in [6.07, 6.45) is 1.91. The number of ether oxygens (including phenoxy) is 1. The van der Waals surface area contributed by atoms with Gasteiger partial charge in [-0.2, -0.15) is 0 Å². The number of pyridine rings is 1. The lowest BCUT2D eigenvalue weighted by Gasteiger charge is -2.11. The van der Waals surface area contributed by atoms with Crippen molar-refractivity contribution >= 4 is 29.9 Å². The number of hydrogen-bond donors (Lipinski definition) is 2. The number of hydrogen-bond acceptors (Lipinski definition) is 5. The zero-order chi connectivity index (χ0) is 18.2. The third-order valence-corrected chi connectivity index (χ3v) is 3.44. The van der Waals surface area contributed by atoms with Crippen LogP contribution in [0.25, 0.3) is 0 Å². The predicted octanol–water partition coefficient (Wildman–Crippen LogP) is 3.46. The third kappa shape index (κ3) is 7.19. The van der Waals surface area contributed by atoms with Gasteiger partial charge in [-0.25, -0.2) is 4.98 Å². The first-order valence-electron chi connectivity index (χ1n) is 8.49. The van der Waals surface area contributed by atoms with Crippen molar-refractivity contribution in [3.8, 4) is 5.88 Å². The Hall–Kier alpha value is -1.84. The standard InChI is InChI=1S/C18H27N5O2.HI/c1-12(2)16-8-15(25-23-16)11-22-18(19-5)21-10-14-6-7-17(20-9-14)24-13(3)4;/h6-9,12-13H,10-11H2,1-5H3,(H2,19,21,22);1H. The molecule has 0 aliphatic carbocycles. The van der Waals surface area contributed by atoms with Crippen molar-refractivity contribution in [2.75, 3.05) is 7.05 Å². The van der Waals surface area contributed by atoms with Crippen molar-refractivity contribution in [2.45, 2.75) is 52.8 Å². The quantitative estimate of drug-likeness (QED) is 0.364. The highest BCUT2D eigenvalue weighted by atomic mass is 127. The van der Waals surface area contributed by atoms with Crippen molar-refractivity contribution in [1.82, 2.24) is 20.8 Å². The molecule has 0 radical (unpaired) electrons. The Morgan fingerprint density at radius 2 is 1.92 bits per heavy atom. The summed E-state index contributed by atoms with van der Waals surface area (Å²) in [5.74, 6) is 2.45. The zero-order valence-corrected chi connectivity index (χ0v) is 18.3. The maximum atomic E-state index is 5.54. The van der Waals surface area contributed by atoms with Gasteiger partial charge in [-0.15, -0.1) is 24.0 Å². The van der Waals surface area contributed by atoms with Gasteiger partial charge in [0.15, 0.2) is 11.7 Å². The number of rotatable bonds is 7. The molecule has 0 spiro atoms. The molecule has 0 fully saturated rings. The molecular weight excluding hydrogens is 445 g/mol. The SMILES string of the molecule is CN=C(NCc1ccc(OC(C)C)nc1)NCc1cc(C(C)C)no1.I. The first-order valence-corrected chi connectivity index (χ1v) is 8.49. The van der Waals surface area contributed by atoms with Crippen molar-refractivity contribution in [1.29, 1.82) is 0 Å². The van der Waals surface area contributed by atoms with Crippen molar-refractivity contribution in [3.63, 3.8) is 0 Å². The van der Waals surface area contributed by atoms with E-state index in [4.69, 9.17) is 9.26 Å². The molecule has 2 aromatic rings. The lowest BCUT2D eigenvalue weighted by Crippen LogP contribution is -2.36. The highest BCUT2D eigenvalue weighted by Crippen LogP contribution is 2.13. The van der Waals surface area contributed by atoms with Gasteiger partial charge < -0.3 is 19.9 Å². The molecule has 0 bridgehead atoms. The van der Waals surface area contributed by atoms with Crippen LogP contribution in [0.2, 0.25) is 0 Å². The van der Waals surface area contributed by atoms with Gasteiger partial charge in [0.05, 0.1) is 18.3 Å². The Labute approximate surface area is 172 Å². The molecule has 0 aliphatic heterocycles. The van der Waals surface area contributed by atoms with Crippen molar-refractivity contribution < 1.29 is 9.26 Å². The molecule has 0 unspecified atom stereocenters. The minimum Gasteiger partial charge on any atom is -0.475 e. The minimum absolute atomic E-state index is 0. The van der Waals surface area contributed by atoms with E-state index in [2.05, 4.69) is 39.6 Å². The molecule has 0 aromatic carbocycles. The summed E-state index contributed by atoms with van der Waals surface area (Å²) in [5.41, 5.74) is 2.00. The second-order valence-corrected chi connectivity index (χ2v) is 6.32. The summed E-state index contributed by atoms with van der Waals surface area (Å²) >= 11 is 0. The van der Waals surface area contributed by atoms with Crippen LogP contribution in [0.3, 0.4) is 0 Å². The number of nitrogens with zero attached hydrogens (tertiary/aromatic N) is 3. The van der Waals surface area contributed by atoms with E-state index in [0.717, 1.165) is 17.0 Å². The monoisotopic (exact) mass is 473 g/mol. The Morgan fingerprint density at radius 3 is 2.46 bits per heavy atom. The van der Waals surface area contributed by atoms with Crippen molar-refractivity contribution in [2.24, 2.45) is 4.99 Å². The molecular formula is C18H28IN5O2. The Balaban J connectivity index is 0.00000338. The highest BCUT2D eigenvalue weighted by molar-refractivity contribution is 14.0. The normalized spacial score (nSPS) is 11.4. The molecule has 0 atom stereocenters. The number of aliphatic imine (C=N–C) groups is 1. The highest BCUT2D eigenvalue weighted by Gasteiger charge is 2.08. The smallest absolute Gasteiger partial charge is 0.213 e. The van der Waals surface area contributed by atoms with Gasteiger partial charge in [0.2, 0.25) is 5.88 Å². The zero-order valence-electron chi connectivity index (χ0n) is 15.9. The molecule has 0 amide bonds. The number of aromatic nitrogens is 2. The molecule has 0 aliphatic rings. The average Bonchev–Trinajstić information content (AvgIpc) is 3.05. The van der Waals surface area contributed by atoms with Crippen LogP contribution in [0, 0.1) is 0 Å². The largest absolute Gasteiger partial charge is 0.475 e. The van der Waals surface area contributed by atoms with E-state index in [1.807, 2.05) is 32.0 Å². The van der Waals surface area contributed by atoms with Crippen LogP contribution in [0.5, 0.6) is 5.88 Å². The Morgan fingerprint density at radius 1 is 1.19 bits per heavy atom. The van der Waals surface area contributed by atoms with E-state index in [9.17, 15) is 0 Å². The maximum Gasteiger partial charge on any atom is 0.213 e. The fourth-order valence-electron chi connectivity index (χ4n) is 2.09. The number of nitrogens with one attached hydrogen (secondary N) is 2. The summed E-state index contributed by atoms with van der Waals surface area (Å²) in [7, 11) is 1.73. The van der Waals surface area contributed by atoms with Crippen LogP contribution in [0.1, 0.15) is 50.6 Å². The van der Waals surface area contributed by atoms with E-state index < -0.39 is 0 Å². The van der Waals surface area contributed by atoms with Crippen molar-refractivity contribution in [3.05, 3.63) is 41.4 Å². The van der Waals surface area contributed by atoms with Gasteiger partial charge in [0.25, 0.3) is 0 Å². The van der Waals surface area contributed by atoms with Crippen LogP contribution >= 0.6 is 24.0 Å². The summed E-state index contributed by atoms with van der Waals surface area (Å²) in [6, 6.07) is 5.81. The number of halogens is 1. The van der Waals surface area contributed by atoms with Gasteiger partial charge in [-0.3, -0.25) is 4.99 Å². The molecule has 8 heteroatoms. The number of guanidine groups is 1. The van der Waals surface area contributed by atoms with Crippen LogP contribution in [-0.4, -0.2) is 29.3 Å². The predicted molar refractivity (Wildman–Crippen MR) is 113 cm³/mol. The van der Waals surface area contributed by atoms with Crippen LogP contribution in [-0.2, 0) is 13.1 Å². The molecule has 7 nitrogen and oxygen atoms in total. The molecule has 2 aromatic heterocycles. The second kappa shape index (κ2) is 11.0. The Kier molecular flexibility index (Phi) is 9.39. The lowest BCUT2D eigenvalue weighted by atomic mass is 10.1. The minimum atomic E-state index is 0. The van der Waals surface area contributed by atoms with Gasteiger partial charge in [0, 0.05) is 31.9 Å².